The molecule has 18 heavy (non-hydrogen) atoms. The van der Waals surface area contributed by atoms with Crippen LogP contribution in [0.2, 0.25) is 0 Å². The quantitative estimate of drug-likeness (QED) is 0.574. The highest BCUT2D eigenvalue weighted by Crippen LogP contribution is 2.33. The molecule has 1 saturated carbocycles. The maximum Gasteiger partial charge on any atom is 0.0571 e. The molecule has 0 aromatic heterocycles. The molecule has 0 amide bonds. The molecule has 0 radical (unpaired) electrons. The van der Waals surface area contributed by atoms with Gasteiger partial charge < -0.3 is 5.21 Å². The molecule has 0 atom stereocenters. The molecule has 1 aromatic rings. The van der Waals surface area contributed by atoms with E-state index in [1.165, 1.54) is 11.1 Å². The lowest BCUT2D eigenvalue weighted by Crippen LogP contribution is -2.15. The fraction of sp³-hybridized carbons (Fsp3) is 0.562. The topological polar surface area (TPSA) is 32.6 Å². The van der Waals surface area contributed by atoms with Crippen LogP contribution in [0.3, 0.4) is 0 Å². The van der Waals surface area contributed by atoms with E-state index in [-0.39, 0.29) is 5.41 Å². The number of rotatable bonds is 1. The summed E-state index contributed by atoms with van der Waals surface area (Å²) in [5.74, 6) is 0.623. The van der Waals surface area contributed by atoms with E-state index in [1.54, 1.807) is 0 Å². The van der Waals surface area contributed by atoms with E-state index in [0.717, 1.165) is 31.4 Å². The first-order chi connectivity index (χ1) is 8.50. The predicted molar refractivity (Wildman–Crippen MR) is 75.6 cm³/mol. The molecule has 0 spiro atoms. The molecule has 0 unspecified atom stereocenters. The minimum atomic E-state index is 0.211. The molecule has 0 saturated heterocycles. The van der Waals surface area contributed by atoms with Gasteiger partial charge in [-0.3, -0.25) is 0 Å². The van der Waals surface area contributed by atoms with Crippen LogP contribution in [-0.2, 0) is 5.41 Å². The second kappa shape index (κ2) is 5.13. The van der Waals surface area contributed by atoms with Gasteiger partial charge in [-0.05, 0) is 48.1 Å². The van der Waals surface area contributed by atoms with Crippen LogP contribution in [0.5, 0.6) is 0 Å². The zero-order chi connectivity index (χ0) is 13.2. The van der Waals surface area contributed by atoms with E-state index in [0.29, 0.717) is 5.92 Å². The Morgan fingerprint density at radius 2 is 1.83 bits per heavy atom. The Balaban J connectivity index is 2.15. The maximum atomic E-state index is 8.79. The average Bonchev–Trinajstić information content (AvgIpc) is 2.38. The van der Waals surface area contributed by atoms with Crippen molar-refractivity contribution in [1.82, 2.24) is 0 Å². The SMILES string of the molecule is CC(C)(C)c1cccc(C2CCC(=NO)CC2)c1. The van der Waals surface area contributed by atoms with Gasteiger partial charge in [0.1, 0.15) is 0 Å². The average molecular weight is 245 g/mol. The summed E-state index contributed by atoms with van der Waals surface area (Å²) in [7, 11) is 0. The van der Waals surface area contributed by atoms with Crippen molar-refractivity contribution in [3.8, 4) is 0 Å². The van der Waals surface area contributed by atoms with Crippen molar-refractivity contribution < 1.29 is 5.21 Å². The van der Waals surface area contributed by atoms with E-state index in [2.05, 4.69) is 50.2 Å². The highest BCUT2D eigenvalue weighted by atomic mass is 16.4. The fourth-order valence-corrected chi connectivity index (χ4v) is 2.64. The molecule has 0 aliphatic heterocycles. The number of benzene rings is 1. The highest BCUT2D eigenvalue weighted by molar-refractivity contribution is 5.84. The summed E-state index contributed by atoms with van der Waals surface area (Å²) in [6.45, 7) is 6.76. The second-order valence-electron chi connectivity index (χ2n) is 6.32. The summed E-state index contributed by atoms with van der Waals surface area (Å²) in [6, 6.07) is 8.98. The van der Waals surface area contributed by atoms with E-state index in [4.69, 9.17) is 5.21 Å². The summed E-state index contributed by atoms with van der Waals surface area (Å²) in [6.07, 6.45) is 4.07. The molecule has 1 aromatic carbocycles. The summed E-state index contributed by atoms with van der Waals surface area (Å²) in [4.78, 5) is 0. The van der Waals surface area contributed by atoms with Crippen LogP contribution < -0.4 is 0 Å². The van der Waals surface area contributed by atoms with Crippen LogP contribution in [0.25, 0.3) is 0 Å². The van der Waals surface area contributed by atoms with Crippen molar-refractivity contribution in [1.29, 1.82) is 0 Å². The first kappa shape index (κ1) is 13.1. The second-order valence-corrected chi connectivity index (χ2v) is 6.32. The van der Waals surface area contributed by atoms with Gasteiger partial charge in [-0.15, -0.1) is 0 Å². The van der Waals surface area contributed by atoms with Gasteiger partial charge in [0.05, 0.1) is 5.71 Å². The van der Waals surface area contributed by atoms with Crippen molar-refractivity contribution >= 4 is 5.71 Å². The Hall–Kier alpha value is -1.31. The number of nitrogens with zero attached hydrogens (tertiary/aromatic N) is 1. The molecule has 0 bridgehead atoms. The standard InChI is InChI=1S/C16H23NO/c1-16(2,3)14-6-4-5-13(11-14)12-7-9-15(17-18)10-8-12/h4-6,11-12,18H,7-10H2,1-3H3. The molecular weight excluding hydrogens is 222 g/mol. The lowest BCUT2D eigenvalue weighted by molar-refractivity contribution is 0.313. The zero-order valence-electron chi connectivity index (χ0n) is 11.6. The summed E-state index contributed by atoms with van der Waals surface area (Å²) in [5, 5.41) is 12.1. The molecule has 2 nitrogen and oxygen atoms in total. The third-order valence-corrected chi connectivity index (χ3v) is 3.93. The first-order valence-corrected chi connectivity index (χ1v) is 6.81. The van der Waals surface area contributed by atoms with Crippen molar-refractivity contribution in [2.75, 3.05) is 0 Å². The molecule has 1 aliphatic carbocycles. The fourth-order valence-electron chi connectivity index (χ4n) is 2.64. The van der Waals surface area contributed by atoms with E-state index in [9.17, 15) is 0 Å². The van der Waals surface area contributed by atoms with Gasteiger partial charge in [0, 0.05) is 0 Å². The Labute approximate surface area is 110 Å². The van der Waals surface area contributed by atoms with Crippen LogP contribution >= 0.6 is 0 Å². The third-order valence-electron chi connectivity index (χ3n) is 3.93. The minimum absolute atomic E-state index is 0.211. The van der Waals surface area contributed by atoms with Crippen molar-refractivity contribution in [2.45, 2.75) is 57.8 Å². The number of oxime groups is 1. The van der Waals surface area contributed by atoms with Crippen molar-refractivity contribution in [2.24, 2.45) is 5.16 Å². The van der Waals surface area contributed by atoms with E-state index in [1.807, 2.05) is 0 Å². The highest BCUT2D eigenvalue weighted by Gasteiger charge is 2.21. The van der Waals surface area contributed by atoms with Crippen molar-refractivity contribution in [3.63, 3.8) is 0 Å². The van der Waals surface area contributed by atoms with Crippen LogP contribution in [0.15, 0.2) is 29.4 Å². The lowest BCUT2D eigenvalue weighted by atomic mass is 9.80. The van der Waals surface area contributed by atoms with Crippen LogP contribution in [0, 0.1) is 0 Å². The summed E-state index contributed by atoms with van der Waals surface area (Å²) in [5.41, 5.74) is 4.02. The van der Waals surface area contributed by atoms with Gasteiger partial charge in [0.15, 0.2) is 0 Å². The molecule has 0 heterocycles. The lowest BCUT2D eigenvalue weighted by Gasteiger charge is -2.25. The van der Waals surface area contributed by atoms with Gasteiger partial charge >= 0.3 is 0 Å². The normalized spacial score (nSPS) is 20.8. The van der Waals surface area contributed by atoms with Crippen LogP contribution in [-0.4, -0.2) is 10.9 Å². The Bertz CT molecular complexity index is 433. The zero-order valence-corrected chi connectivity index (χ0v) is 11.6. The smallest absolute Gasteiger partial charge is 0.0571 e. The maximum absolute atomic E-state index is 8.79. The largest absolute Gasteiger partial charge is 0.411 e. The molecule has 98 valence electrons. The predicted octanol–water partition coefficient (Wildman–Crippen LogP) is 4.47. The Kier molecular flexibility index (Phi) is 3.74. The van der Waals surface area contributed by atoms with Gasteiger partial charge in [-0.2, -0.15) is 0 Å². The molecular formula is C16H23NO. The van der Waals surface area contributed by atoms with E-state index < -0.39 is 0 Å². The minimum Gasteiger partial charge on any atom is -0.411 e. The Morgan fingerprint density at radius 3 is 2.39 bits per heavy atom. The van der Waals surface area contributed by atoms with Crippen molar-refractivity contribution in [3.05, 3.63) is 35.4 Å². The third kappa shape index (κ3) is 2.92. The van der Waals surface area contributed by atoms with Gasteiger partial charge in [0.2, 0.25) is 0 Å². The van der Waals surface area contributed by atoms with Gasteiger partial charge in [-0.25, -0.2) is 0 Å². The molecule has 1 fully saturated rings. The summed E-state index contributed by atoms with van der Waals surface area (Å²) < 4.78 is 0. The monoisotopic (exact) mass is 245 g/mol. The van der Waals surface area contributed by atoms with Crippen LogP contribution in [0.4, 0.5) is 0 Å². The van der Waals surface area contributed by atoms with E-state index >= 15 is 0 Å². The van der Waals surface area contributed by atoms with Gasteiger partial charge in [-0.1, -0.05) is 50.2 Å². The van der Waals surface area contributed by atoms with Gasteiger partial charge in [0.25, 0.3) is 0 Å². The van der Waals surface area contributed by atoms with Crippen LogP contribution in [0.1, 0.15) is 63.5 Å². The first-order valence-electron chi connectivity index (χ1n) is 6.81. The number of hydrogen-bond donors (Lipinski definition) is 1. The molecule has 1 aliphatic rings. The summed E-state index contributed by atoms with van der Waals surface area (Å²) >= 11 is 0. The molecule has 2 rings (SSSR count). The Morgan fingerprint density at radius 1 is 1.17 bits per heavy atom. The molecule has 1 N–H and O–H groups in total. The number of hydrogen-bond acceptors (Lipinski definition) is 2. The molecule has 2 heteroatoms.